The number of fused-ring (bicyclic) bond motifs is 1. The smallest absolute Gasteiger partial charge is 0.161 e. The summed E-state index contributed by atoms with van der Waals surface area (Å²) in [5, 5.41) is 11.2. The van der Waals surface area contributed by atoms with Crippen LogP contribution in [-0.2, 0) is 6.42 Å². The van der Waals surface area contributed by atoms with E-state index in [-0.39, 0.29) is 12.0 Å². The third kappa shape index (κ3) is 5.08. The number of hydrogen-bond acceptors (Lipinski definition) is 5. The first-order valence-corrected chi connectivity index (χ1v) is 12.7. The average Bonchev–Trinajstić information content (AvgIpc) is 2.92. The van der Waals surface area contributed by atoms with E-state index in [0.29, 0.717) is 5.75 Å². The predicted molar refractivity (Wildman–Crippen MR) is 139 cm³/mol. The first kappa shape index (κ1) is 23.9. The van der Waals surface area contributed by atoms with Crippen molar-refractivity contribution in [2.75, 3.05) is 46.9 Å². The standard InChI is InChI=1S/C30H36N2O3/c1-34-27-19-24-13-14-25(30(33)26(24)20-28(27)35-2)21-31-15-17-32(18-16-31)29(22-9-5-3-6-10-22)23-11-7-4-8-12-23/h3-12,19-20,25,29-30,33H,13-18,21H2,1-2H3. The molecule has 1 saturated heterocycles. The Morgan fingerprint density at radius 3 is 1.97 bits per heavy atom. The van der Waals surface area contributed by atoms with Crippen LogP contribution in [0.15, 0.2) is 72.8 Å². The summed E-state index contributed by atoms with van der Waals surface area (Å²) in [5.74, 6) is 1.65. The lowest BCUT2D eigenvalue weighted by Crippen LogP contribution is -2.49. The van der Waals surface area contributed by atoms with Gasteiger partial charge >= 0.3 is 0 Å². The van der Waals surface area contributed by atoms with Crippen LogP contribution in [0.25, 0.3) is 0 Å². The summed E-state index contributed by atoms with van der Waals surface area (Å²) in [5.41, 5.74) is 4.85. The number of hydrogen-bond donors (Lipinski definition) is 1. The molecule has 0 aromatic heterocycles. The van der Waals surface area contributed by atoms with Crippen LogP contribution < -0.4 is 9.47 Å². The molecule has 3 aromatic carbocycles. The minimum Gasteiger partial charge on any atom is -0.493 e. The molecule has 1 aliphatic carbocycles. The minimum atomic E-state index is -0.474. The zero-order valence-corrected chi connectivity index (χ0v) is 20.8. The Morgan fingerprint density at radius 1 is 0.829 bits per heavy atom. The monoisotopic (exact) mass is 472 g/mol. The van der Waals surface area contributed by atoms with Gasteiger partial charge in [-0.25, -0.2) is 0 Å². The van der Waals surface area contributed by atoms with Crippen LogP contribution in [0.4, 0.5) is 0 Å². The second-order valence-corrected chi connectivity index (χ2v) is 9.71. The quantitative estimate of drug-likeness (QED) is 0.540. The van der Waals surface area contributed by atoms with Gasteiger partial charge in [0.25, 0.3) is 0 Å². The molecule has 35 heavy (non-hydrogen) atoms. The number of rotatable bonds is 7. The molecule has 0 spiro atoms. The molecule has 3 aromatic rings. The SMILES string of the molecule is COc1cc2c(cc1OC)C(O)C(CN1CCN(C(c3ccccc3)c3ccccc3)CC1)CC2. The Bertz CT molecular complexity index is 1060. The van der Waals surface area contributed by atoms with E-state index >= 15 is 0 Å². The van der Waals surface area contributed by atoms with Gasteiger partial charge in [-0.15, -0.1) is 0 Å². The largest absolute Gasteiger partial charge is 0.493 e. The highest BCUT2D eigenvalue weighted by molar-refractivity contribution is 5.49. The Balaban J connectivity index is 1.25. The lowest BCUT2D eigenvalue weighted by atomic mass is 9.80. The minimum absolute atomic E-state index is 0.228. The van der Waals surface area contributed by atoms with E-state index < -0.39 is 6.10 Å². The van der Waals surface area contributed by atoms with Gasteiger partial charge < -0.3 is 19.5 Å². The first-order chi connectivity index (χ1) is 17.2. The summed E-state index contributed by atoms with van der Waals surface area (Å²) >= 11 is 0. The van der Waals surface area contributed by atoms with E-state index in [4.69, 9.17) is 9.47 Å². The van der Waals surface area contributed by atoms with Gasteiger partial charge in [0.15, 0.2) is 11.5 Å². The van der Waals surface area contributed by atoms with Crippen molar-refractivity contribution in [2.24, 2.45) is 5.92 Å². The van der Waals surface area contributed by atoms with Crippen LogP contribution >= 0.6 is 0 Å². The third-order valence-electron chi connectivity index (χ3n) is 7.69. The molecule has 0 amide bonds. The summed E-state index contributed by atoms with van der Waals surface area (Å²) in [6, 6.07) is 25.9. The molecule has 5 rings (SSSR count). The van der Waals surface area contributed by atoms with Crippen LogP contribution in [0.2, 0.25) is 0 Å². The van der Waals surface area contributed by atoms with E-state index in [1.807, 2.05) is 12.1 Å². The normalized spacial score (nSPS) is 21.0. The van der Waals surface area contributed by atoms with Gasteiger partial charge in [0, 0.05) is 38.6 Å². The molecule has 0 radical (unpaired) electrons. The van der Waals surface area contributed by atoms with E-state index in [1.54, 1.807) is 14.2 Å². The third-order valence-corrected chi connectivity index (χ3v) is 7.69. The molecule has 5 heteroatoms. The molecule has 0 bridgehead atoms. The molecule has 1 aliphatic heterocycles. The number of aliphatic hydroxyl groups excluding tert-OH is 1. The zero-order chi connectivity index (χ0) is 24.2. The maximum atomic E-state index is 11.2. The Kier molecular flexibility index (Phi) is 7.37. The van der Waals surface area contributed by atoms with Crippen molar-refractivity contribution < 1.29 is 14.6 Å². The van der Waals surface area contributed by atoms with Crippen molar-refractivity contribution in [2.45, 2.75) is 25.0 Å². The van der Waals surface area contributed by atoms with Crippen molar-refractivity contribution >= 4 is 0 Å². The number of benzene rings is 3. The summed E-state index contributed by atoms with van der Waals surface area (Å²) in [6.45, 7) is 4.97. The summed E-state index contributed by atoms with van der Waals surface area (Å²) < 4.78 is 11.0. The molecule has 184 valence electrons. The topological polar surface area (TPSA) is 45.2 Å². The molecular weight excluding hydrogens is 436 g/mol. The van der Waals surface area contributed by atoms with E-state index in [2.05, 4.69) is 70.5 Å². The van der Waals surface area contributed by atoms with Gasteiger partial charge in [0.2, 0.25) is 0 Å². The van der Waals surface area contributed by atoms with Crippen LogP contribution in [-0.4, -0.2) is 61.8 Å². The molecule has 1 N–H and O–H groups in total. The fourth-order valence-electron chi connectivity index (χ4n) is 5.79. The Hall–Kier alpha value is -2.86. The van der Waals surface area contributed by atoms with Gasteiger partial charge in [-0.05, 0) is 47.2 Å². The van der Waals surface area contributed by atoms with E-state index in [1.165, 1.54) is 16.7 Å². The molecule has 1 fully saturated rings. The fraction of sp³-hybridized carbons (Fsp3) is 0.400. The molecule has 5 nitrogen and oxygen atoms in total. The van der Waals surface area contributed by atoms with Crippen LogP contribution in [0, 0.1) is 5.92 Å². The van der Waals surface area contributed by atoms with Crippen LogP contribution in [0.3, 0.4) is 0 Å². The highest BCUT2D eigenvalue weighted by Crippen LogP contribution is 2.41. The van der Waals surface area contributed by atoms with Gasteiger partial charge in [0.05, 0.1) is 26.4 Å². The average molecular weight is 473 g/mol. The van der Waals surface area contributed by atoms with Crippen molar-refractivity contribution in [3.63, 3.8) is 0 Å². The lowest BCUT2D eigenvalue weighted by molar-refractivity contribution is 0.0419. The highest BCUT2D eigenvalue weighted by atomic mass is 16.5. The Labute approximate surface area is 208 Å². The fourth-order valence-corrected chi connectivity index (χ4v) is 5.79. The molecular formula is C30H36N2O3. The maximum Gasteiger partial charge on any atom is 0.161 e. The molecule has 2 aliphatic rings. The van der Waals surface area contributed by atoms with Crippen LogP contribution in [0.5, 0.6) is 11.5 Å². The molecule has 0 saturated carbocycles. The number of methoxy groups -OCH3 is 2. The second-order valence-electron chi connectivity index (χ2n) is 9.71. The van der Waals surface area contributed by atoms with Crippen LogP contribution in [0.1, 0.15) is 40.8 Å². The summed E-state index contributed by atoms with van der Waals surface area (Å²) in [4.78, 5) is 5.13. The summed E-state index contributed by atoms with van der Waals surface area (Å²) in [7, 11) is 3.31. The molecule has 1 heterocycles. The number of ether oxygens (including phenoxy) is 2. The lowest BCUT2D eigenvalue weighted by Gasteiger charge is -2.42. The van der Waals surface area contributed by atoms with Gasteiger partial charge in [-0.2, -0.15) is 0 Å². The molecule has 2 atom stereocenters. The Morgan fingerprint density at radius 2 is 1.40 bits per heavy atom. The number of piperazine rings is 1. The predicted octanol–water partition coefficient (Wildman–Crippen LogP) is 4.71. The van der Waals surface area contributed by atoms with Gasteiger partial charge in [-0.3, -0.25) is 4.90 Å². The van der Waals surface area contributed by atoms with Crippen molar-refractivity contribution in [3.05, 3.63) is 95.1 Å². The van der Waals surface area contributed by atoms with Crippen molar-refractivity contribution in [1.82, 2.24) is 9.80 Å². The van der Waals surface area contributed by atoms with Gasteiger partial charge in [0.1, 0.15) is 0 Å². The van der Waals surface area contributed by atoms with E-state index in [9.17, 15) is 5.11 Å². The second kappa shape index (κ2) is 10.8. The summed E-state index contributed by atoms with van der Waals surface area (Å²) in [6.07, 6.45) is 1.47. The van der Waals surface area contributed by atoms with Crippen molar-refractivity contribution in [1.29, 1.82) is 0 Å². The zero-order valence-electron chi connectivity index (χ0n) is 20.8. The number of nitrogens with zero attached hydrogens (tertiary/aromatic N) is 2. The van der Waals surface area contributed by atoms with Gasteiger partial charge in [-0.1, -0.05) is 60.7 Å². The first-order valence-electron chi connectivity index (χ1n) is 12.7. The number of aliphatic hydroxyl groups is 1. The van der Waals surface area contributed by atoms with Crippen molar-refractivity contribution in [3.8, 4) is 11.5 Å². The highest BCUT2D eigenvalue weighted by Gasteiger charge is 2.33. The molecule has 2 unspecified atom stereocenters. The van der Waals surface area contributed by atoms with E-state index in [0.717, 1.165) is 56.9 Å². The maximum absolute atomic E-state index is 11.2. The number of aryl methyl sites for hydroxylation is 1.